The van der Waals surface area contributed by atoms with Gasteiger partial charge < -0.3 is 19.7 Å². The molecule has 2 aromatic carbocycles. The quantitative estimate of drug-likeness (QED) is 0.341. The number of hydrogen-bond donors (Lipinski definition) is 1. The molecule has 0 saturated carbocycles. The van der Waals surface area contributed by atoms with Crippen LogP contribution in [-0.2, 0) is 25.7 Å². The lowest BCUT2D eigenvalue weighted by Gasteiger charge is -2.20. The number of likely N-dealkylation sites (N-methyl/N-ethyl adjacent to an activating group) is 1. The minimum atomic E-state index is -0.631. The van der Waals surface area contributed by atoms with Crippen LogP contribution in [0.1, 0.15) is 29.1 Å². The third-order valence-electron chi connectivity index (χ3n) is 5.01. The van der Waals surface area contributed by atoms with Crippen molar-refractivity contribution in [3.8, 4) is 16.9 Å². The van der Waals surface area contributed by atoms with Gasteiger partial charge in [-0.3, -0.25) is 14.4 Å². The largest absolute Gasteiger partial charge is 0.452 e. The fourth-order valence-corrected chi connectivity index (χ4v) is 3.83. The highest BCUT2D eigenvalue weighted by atomic mass is 32.1. The molecule has 0 spiro atoms. The summed E-state index contributed by atoms with van der Waals surface area (Å²) in [5.41, 5.74) is 2.04. The minimum Gasteiger partial charge on any atom is -0.452 e. The highest BCUT2D eigenvalue weighted by Crippen LogP contribution is 2.23. The van der Waals surface area contributed by atoms with Gasteiger partial charge in [0.05, 0.1) is 18.7 Å². The van der Waals surface area contributed by atoms with Gasteiger partial charge in [0.1, 0.15) is 5.75 Å². The summed E-state index contributed by atoms with van der Waals surface area (Å²) in [7, 11) is 0. The maximum absolute atomic E-state index is 12.5. The Morgan fingerprint density at radius 1 is 0.943 bits per heavy atom. The fraction of sp³-hybridized carbons (Fsp3) is 0.231. The lowest BCUT2D eigenvalue weighted by Crippen LogP contribution is -2.42. The van der Waals surface area contributed by atoms with E-state index in [1.807, 2.05) is 17.5 Å². The molecule has 9 heteroatoms. The number of hydrogen-bond acceptors (Lipinski definition) is 7. The maximum atomic E-state index is 12.5. The zero-order chi connectivity index (χ0) is 25.2. The van der Waals surface area contributed by atoms with Crippen molar-refractivity contribution in [3.05, 3.63) is 76.5 Å². The third-order valence-corrected chi connectivity index (χ3v) is 5.88. The molecule has 3 rings (SSSR count). The van der Waals surface area contributed by atoms with Crippen molar-refractivity contribution >= 4 is 35.1 Å². The van der Waals surface area contributed by atoms with Crippen LogP contribution >= 0.6 is 11.3 Å². The average molecular weight is 495 g/mol. The van der Waals surface area contributed by atoms with E-state index in [4.69, 9.17) is 9.47 Å². The van der Waals surface area contributed by atoms with Crippen molar-refractivity contribution in [1.82, 2.24) is 10.2 Å². The van der Waals surface area contributed by atoms with Crippen LogP contribution in [0.5, 0.6) is 5.75 Å². The number of nitrogens with zero attached hydrogens (tertiary/aromatic N) is 1. The van der Waals surface area contributed by atoms with Crippen molar-refractivity contribution < 1.29 is 28.7 Å². The number of carbonyl (C=O) groups is 4. The molecule has 8 nitrogen and oxygen atoms in total. The second-order valence-electron chi connectivity index (χ2n) is 7.54. The summed E-state index contributed by atoms with van der Waals surface area (Å²) >= 11 is 1.54. The van der Waals surface area contributed by atoms with E-state index in [0.29, 0.717) is 24.4 Å². The highest BCUT2D eigenvalue weighted by Gasteiger charge is 2.18. The summed E-state index contributed by atoms with van der Waals surface area (Å²) in [4.78, 5) is 50.4. The third kappa shape index (κ3) is 7.79. The van der Waals surface area contributed by atoms with Crippen LogP contribution in [0.2, 0.25) is 0 Å². The van der Waals surface area contributed by atoms with Gasteiger partial charge in [0.2, 0.25) is 5.91 Å². The van der Waals surface area contributed by atoms with Crippen LogP contribution in [0.15, 0.2) is 66.0 Å². The minimum absolute atomic E-state index is 0.108. The molecule has 1 heterocycles. The molecule has 1 aromatic heterocycles. The van der Waals surface area contributed by atoms with Gasteiger partial charge in [0.15, 0.2) is 6.61 Å². The molecule has 182 valence electrons. The first kappa shape index (κ1) is 25.6. The van der Waals surface area contributed by atoms with Crippen LogP contribution in [-0.4, -0.2) is 48.3 Å². The van der Waals surface area contributed by atoms with E-state index in [2.05, 4.69) is 5.32 Å². The number of ether oxygens (including phenoxy) is 2. The first-order valence-corrected chi connectivity index (χ1v) is 11.9. The van der Waals surface area contributed by atoms with Crippen molar-refractivity contribution in [3.63, 3.8) is 0 Å². The Balaban J connectivity index is 1.49. The Hall–Kier alpha value is -3.98. The lowest BCUT2D eigenvalue weighted by molar-refractivity contribution is -0.138. The van der Waals surface area contributed by atoms with Gasteiger partial charge in [-0.1, -0.05) is 30.3 Å². The number of carbonyl (C=O) groups excluding carboxylic acids is 4. The van der Waals surface area contributed by atoms with E-state index in [1.165, 1.54) is 23.2 Å². The molecular formula is C26H26N2O6S. The van der Waals surface area contributed by atoms with Crippen LogP contribution in [0.4, 0.5) is 0 Å². The summed E-state index contributed by atoms with van der Waals surface area (Å²) in [5.74, 6) is -1.30. The average Bonchev–Trinajstić information content (AvgIpc) is 3.38. The van der Waals surface area contributed by atoms with Gasteiger partial charge in [0, 0.05) is 18.3 Å². The van der Waals surface area contributed by atoms with Crippen LogP contribution in [0.25, 0.3) is 11.1 Å². The summed E-state index contributed by atoms with van der Waals surface area (Å²) < 4.78 is 10.2. The summed E-state index contributed by atoms with van der Waals surface area (Å²) in [6, 6.07) is 17.5. The van der Waals surface area contributed by atoms with E-state index in [9.17, 15) is 19.2 Å². The Bertz CT molecular complexity index is 1160. The van der Waals surface area contributed by atoms with Crippen molar-refractivity contribution in [2.45, 2.75) is 20.4 Å². The number of rotatable bonds is 10. The van der Waals surface area contributed by atoms with Crippen molar-refractivity contribution in [1.29, 1.82) is 0 Å². The normalized spacial score (nSPS) is 10.3. The molecule has 0 atom stereocenters. The zero-order valence-electron chi connectivity index (χ0n) is 19.5. The summed E-state index contributed by atoms with van der Waals surface area (Å²) in [5, 5.41) is 4.70. The second-order valence-corrected chi connectivity index (χ2v) is 8.57. The first-order valence-electron chi connectivity index (χ1n) is 11.0. The topological polar surface area (TPSA) is 102 Å². The van der Waals surface area contributed by atoms with Crippen LogP contribution in [0, 0.1) is 0 Å². The van der Waals surface area contributed by atoms with Gasteiger partial charge in [-0.25, -0.2) is 4.79 Å². The van der Waals surface area contributed by atoms with E-state index in [0.717, 1.165) is 16.0 Å². The van der Waals surface area contributed by atoms with Gasteiger partial charge in [-0.15, -0.1) is 11.3 Å². The van der Waals surface area contributed by atoms with E-state index in [-0.39, 0.29) is 12.5 Å². The second kappa shape index (κ2) is 12.5. The molecule has 0 saturated heterocycles. The Morgan fingerprint density at radius 3 is 2.17 bits per heavy atom. The monoisotopic (exact) mass is 494 g/mol. The predicted molar refractivity (Wildman–Crippen MR) is 132 cm³/mol. The molecule has 1 N–H and O–H groups in total. The lowest BCUT2D eigenvalue weighted by atomic mass is 10.0. The van der Waals surface area contributed by atoms with Crippen LogP contribution < -0.4 is 10.1 Å². The molecule has 0 bridgehead atoms. The molecule has 0 aliphatic heterocycles. The molecule has 0 radical (unpaired) electrons. The van der Waals surface area contributed by atoms with Gasteiger partial charge in [0.25, 0.3) is 5.91 Å². The zero-order valence-corrected chi connectivity index (χ0v) is 20.3. The highest BCUT2D eigenvalue weighted by molar-refractivity contribution is 7.09. The van der Waals surface area contributed by atoms with E-state index in [1.54, 1.807) is 55.5 Å². The Kier molecular flexibility index (Phi) is 9.14. The first-order chi connectivity index (χ1) is 16.9. The number of nitrogens with one attached hydrogen (secondary N) is 1. The van der Waals surface area contributed by atoms with Crippen molar-refractivity contribution in [2.24, 2.45) is 0 Å². The predicted octanol–water partition coefficient (Wildman–Crippen LogP) is 3.66. The molecule has 2 amide bonds. The molecule has 0 aliphatic carbocycles. The Labute approximate surface area is 207 Å². The number of amides is 2. The van der Waals surface area contributed by atoms with Crippen LogP contribution in [0.3, 0.4) is 0 Å². The molecule has 3 aromatic rings. The number of esters is 2. The van der Waals surface area contributed by atoms with Crippen molar-refractivity contribution in [2.75, 3.05) is 19.7 Å². The molecule has 0 aliphatic rings. The maximum Gasteiger partial charge on any atom is 0.338 e. The smallest absolute Gasteiger partial charge is 0.338 e. The fourth-order valence-electron chi connectivity index (χ4n) is 3.19. The summed E-state index contributed by atoms with van der Waals surface area (Å²) in [6.45, 7) is 3.25. The van der Waals surface area contributed by atoms with Gasteiger partial charge in [-0.05, 0) is 53.8 Å². The summed E-state index contributed by atoms with van der Waals surface area (Å²) in [6.07, 6.45) is 0. The molecular weight excluding hydrogens is 468 g/mol. The van der Waals surface area contributed by atoms with E-state index >= 15 is 0 Å². The number of benzene rings is 2. The van der Waals surface area contributed by atoms with Gasteiger partial charge >= 0.3 is 11.9 Å². The number of thiophene rings is 1. The van der Waals surface area contributed by atoms with E-state index < -0.39 is 24.5 Å². The molecule has 0 unspecified atom stereocenters. The Morgan fingerprint density at radius 2 is 1.60 bits per heavy atom. The molecule has 0 fully saturated rings. The SMILES string of the molecule is CCN(CC(=O)NCc1cccs1)C(=O)COC(=O)c1ccc(-c2ccc(OC(C)=O)cc2)cc1. The standard InChI is InChI=1S/C26H26N2O6S/c1-3-28(16-24(30)27-15-23-5-4-14-35-23)25(31)17-33-26(32)21-8-6-19(7-9-21)20-10-12-22(13-11-20)34-18(2)29/h4-14H,3,15-17H2,1-2H3,(H,27,30). The molecule has 35 heavy (non-hydrogen) atoms. The van der Waals surface area contributed by atoms with Gasteiger partial charge in [-0.2, -0.15) is 0 Å².